The second-order valence-electron chi connectivity index (χ2n) is 4.12. The summed E-state index contributed by atoms with van der Waals surface area (Å²) in [6.45, 7) is 0.589. The highest BCUT2D eigenvalue weighted by molar-refractivity contribution is 5.46. The monoisotopic (exact) mass is 245 g/mol. The van der Waals surface area contributed by atoms with E-state index in [1.807, 2.05) is 30.3 Å². The standard InChI is InChI=1S/C15H16FNO/c16-15-7-2-1-5-13(15)11-17-14-6-3-4-12(10-14)8-9-18/h1-7,10,17-18H,8-9,11H2. The van der Waals surface area contributed by atoms with Crippen LogP contribution in [0.3, 0.4) is 0 Å². The Kier molecular flexibility index (Phi) is 4.31. The molecule has 2 nitrogen and oxygen atoms in total. The molecule has 0 unspecified atom stereocenters. The summed E-state index contributed by atoms with van der Waals surface area (Å²) in [5, 5.41) is 12.1. The molecule has 0 fully saturated rings. The Bertz CT molecular complexity index is 513. The molecule has 0 heterocycles. The molecule has 2 aromatic carbocycles. The lowest BCUT2D eigenvalue weighted by molar-refractivity contribution is 0.299. The Morgan fingerprint density at radius 3 is 2.67 bits per heavy atom. The summed E-state index contributed by atoms with van der Waals surface area (Å²) in [7, 11) is 0. The Hall–Kier alpha value is -1.87. The van der Waals surface area contributed by atoms with Gasteiger partial charge < -0.3 is 10.4 Å². The van der Waals surface area contributed by atoms with Gasteiger partial charge in [0.25, 0.3) is 0 Å². The number of halogens is 1. The van der Waals surface area contributed by atoms with Gasteiger partial charge in [0.05, 0.1) is 0 Å². The van der Waals surface area contributed by atoms with E-state index in [9.17, 15) is 4.39 Å². The van der Waals surface area contributed by atoms with Gasteiger partial charge in [0.1, 0.15) is 5.82 Å². The van der Waals surface area contributed by atoms with Crippen LogP contribution in [0.2, 0.25) is 0 Å². The Morgan fingerprint density at radius 1 is 1.06 bits per heavy atom. The molecule has 0 aliphatic heterocycles. The molecule has 0 spiro atoms. The molecule has 0 amide bonds. The molecule has 0 aliphatic carbocycles. The summed E-state index contributed by atoms with van der Waals surface area (Å²) in [5.41, 5.74) is 2.64. The second kappa shape index (κ2) is 6.17. The quantitative estimate of drug-likeness (QED) is 0.848. The Balaban J connectivity index is 2.02. The molecule has 0 radical (unpaired) electrons. The lowest BCUT2D eigenvalue weighted by Crippen LogP contribution is -2.02. The number of rotatable bonds is 5. The molecule has 0 bridgehead atoms. The minimum absolute atomic E-state index is 0.136. The van der Waals surface area contributed by atoms with Crippen molar-refractivity contribution in [1.29, 1.82) is 0 Å². The second-order valence-corrected chi connectivity index (χ2v) is 4.12. The van der Waals surface area contributed by atoms with E-state index in [-0.39, 0.29) is 12.4 Å². The molecule has 2 rings (SSSR count). The van der Waals surface area contributed by atoms with Crippen LogP contribution in [0.15, 0.2) is 48.5 Å². The Morgan fingerprint density at radius 2 is 1.89 bits per heavy atom. The molecular formula is C15H16FNO. The molecule has 18 heavy (non-hydrogen) atoms. The summed E-state index contributed by atoms with van der Waals surface area (Å²) in [4.78, 5) is 0. The van der Waals surface area contributed by atoms with Crippen LogP contribution < -0.4 is 5.32 Å². The van der Waals surface area contributed by atoms with Crippen molar-refractivity contribution in [2.75, 3.05) is 11.9 Å². The van der Waals surface area contributed by atoms with E-state index in [0.717, 1.165) is 11.3 Å². The van der Waals surface area contributed by atoms with Gasteiger partial charge in [0.15, 0.2) is 0 Å². The van der Waals surface area contributed by atoms with Gasteiger partial charge in [0.2, 0.25) is 0 Å². The fourth-order valence-electron chi connectivity index (χ4n) is 1.80. The zero-order valence-electron chi connectivity index (χ0n) is 10.1. The first kappa shape index (κ1) is 12.6. The predicted molar refractivity (Wildman–Crippen MR) is 71.0 cm³/mol. The van der Waals surface area contributed by atoms with Gasteiger partial charge in [-0.3, -0.25) is 0 Å². The maximum absolute atomic E-state index is 13.4. The van der Waals surface area contributed by atoms with E-state index in [2.05, 4.69) is 5.32 Å². The first-order chi connectivity index (χ1) is 8.79. The minimum atomic E-state index is -0.198. The van der Waals surface area contributed by atoms with Crippen molar-refractivity contribution < 1.29 is 9.50 Å². The van der Waals surface area contributed by atoms with E-state index in [4.69, 9.17) is 5.11 Å². The van der Waals surface area contributed by atoms with Crippen LogP contribution >= 0.6 is 0 Å². The first-order valence-corrected chi connectivity index (χ1v) is 5.96. The zero-order valence-corrected chi connectivity index (χ0v) is 10.1. The average Bonchev–Trinajstić information content (AvgIpc) is 2.39. The van der Waals surface area contributed by atoms with Crippen LogP contribution in [0.4, 0.5) is 10.1 Å². The minimum Gasteiger partial charge on any atom is -0.396 e. The third kappa shape index (κ3) is 3.31. The molecule has 0 aromatic heterocycles. The van der Waals surface area contributed by atoms with Crippen molar-refractivity contribution in [1.82, 2.24) is 0 Å². The van der Waals surface area contributed by atoms with Crippen molar-refractivity contribution in [2.24, 2.45) is 0 Å². The molecule has 94 valence electrons. The molecule has 0 saturated carbocycles. The third-order valence-electron chi connectivity index (χ3n) is 2.77. The molecule has 0 saturated heterocycles. The predicted octanol–water partition coefficient (Wildman–Crippen LogP) is 2.97. The maximum atomic E-state index is 13.4. The van der Waals surface area contributed by atoms with E-state index >= 15 is 0 Å². The van der Waals surface area contributed by atoms with Crippen molar-refractivity contribution >= 4 is 5.69 Å². The molecule has 0 aliphatic rings. The number of hydrogen-bond donors (Lipinski definition) is 2. The zero-order chi connectivity index (χ0) is 12.8. The summed E-state index contributed by atoms with van der Waals surface area (Å²) < 4.78 is 13.4. The van der Waals surface area contributed by atoms with Crippen molar-refractivity contribution in [3.63, 3.8) is 0 Å². The third-order valence-corrected chi connectivity index (χ3v) is 2.77. The van der Waals surface area contributed by atoms with Crippen LogP contribution in [-0.2, 0) is 13.0 Å². The Labute approximate surface area is 106 Å². The summed E-state index contributed by atoms with van der Waals surface area (Å²) in [6, 6.07) is 14.5. The van der Waals surface area contributed by atoms with Gasteiger partial charge in [-0.1, -0.05) is 30.3 Å². The molecule has 2 aromatic rings. The van der Waals surface area contributed by atoms with Gasteiger partial charge in [0, 0.05) is 24.4 Å². The number of benzene rings is 2. The van der Waals surface area contributed by atoms with Crippen LogP contribution in [0, 0.1) is 5.82 Å². The van der Waals surface area contributed by atoms with Crippen LogP contribution in [0.5, 0.6) is 0 Å². The topological polar surface area (TPSA) is 32.3 Å². The summed E-state index contributed by atoms with van der Waals surface area (Å²) in [6.07, 6.45) is 0.634. The van der Waals surface area contributed by atoms with Crippen molar-refractivity contribution in [3.8, 4) is 0 Å². The maximum Gasteiger partial charge on any atom is 0.128 e. The highest BCUT2D eigenvalue weighted by Crippen LogP contribution is 2.14. The van der Waals surface area contributed by atoms with Crippen LogP contribution in [-0.4, -0.2) is 11.7 Å². The normalized spacial score (nSPS) is 10.3. The molecule has 0 atom stereocenters. The smallest absolute Gasteiger partial charge is 0.128 e. The summed E-state index contributed by atoms with van der Waals surface area (Å²) >= 11 is 0. The number of aliphatic hydroxyl groups excluding tert-OH is 1. The van der Waals surface area contributed by atoms with E-state index in [1.54, 1.807) is 12.1 Å². The first-order valence-electron chi connectivity index (χ1n) is 5.96. The van der Waals surface area contributed by atoms with Gasteiger partial charge >= 0.3 is 0 Å². The highest BCUT2D eigenvalue weighted by atomic mass is 19.1. The number of aliphatic hydroxyl groups is 1. The molecule has 2 N–H and O–H groups in total. The number of anilines is 1. The fourth-order valence-corrected chi connectivity index (χ4v) is 1.80. The molecule has 3 heteroatoms. The van der Waals surface area contributed by atoms with Crippen LogP contribution in [0.1, 0.15) is 11.1 Å². The van der Waals surface area contributed by atoms with Crippen LogP contribution in [0.25, 0.3) is 0 Å². The highest BCUT2D eigenvalue weighted by Gasteiger charge is 2.00. The average molecular weight is 245 g/mol. The SMILES string of the molecule is OCCc1cccc(NCc2ccccc2F)c1. The summed E-state index contributed by atoms with van der Waals surface area (Å²) in [5.74, 6) is -0.198. The van der Waals surface area contributed by atoms with Gasteiger partial charge in [-0.15, -0.1) is 0 Å². The lowest BCUT2D eigenvalue weighted by atomic mass is 10.1. The van der Waals surface area contributed by atoms with Crippen molar-refractivity contribution in [2.45, 2.75) is 13.0 Å². The largest absolute Gasteiger partial charge is 0.396 e. The molecular weight excluding hydrogens is 229 g/mol. The van der Waals surface area contributed by atoms with Gasteiger partial charge in [-0.2, -0.15) is 0 Å². The number of hydrogen-bond acceptors (Lipinski definition) is 2. The van der Waals surface area contributed by atoms with E-state index < -0.39 is 0 Å². The van der Waals surface area contributed by atoms with Gasteiger partial charge in [-0.25, -0.2) is 4.39 Å². The van der Waals surface area contributed by atoms with Crippen molar-refractivity contribution in [3.05, 3.63) is 65.5 Å². The number of nitrogens with one attached hydrogen (secondary N) is 1. The fraction of sp³-hybridized carbons (Fsp3) is 0.200. The van der Waals surface area contributed by atoms with E-state index in [0.29, 0.717) is 18.5 Å². The lowest BCUT2D eigenvalue weighted by Gasteiger charge is -2.08. The van der Waals surface area contributed by atoms with E-state index in [1.165, 1.54) is 6.07 Å². The van der Waals surface area contributed by atoms with Gasteiger partial charge in [-0.05, 0) is 30.2 Å².